The number of likely N-dealkylation sites (tertiary alicyclic amines) is 1. The van der Waals surface area contributed by atoms with Crippen molar-refractivity contribution in [3.8, 4) is 0 Å². The number of rotatable bonds is 7. The van der Waals surface area contributed by atoms with Crippen molar-refractivity contribution in [3.63, 3.8) is 0 Å². The quantitative estimate of drug-likeness (QED) is 0.590. The van der Waals surface area contributed by atoms with Gasteiger partial charge in [-0.25, -0.2) is 0 Å². The number of carbonyl (C=O) groups is 3. The molecule has 3 N–H and O–H groups in total. The third-order valence-corrected chi connectivity index (χ3v) is 7.80. The van der Waals surface area contributed by atoms with Crippen molar-refractivity contribution in [2.24, 2.45) is 5.92 Å². The van der Waals surface area contributed by atoms with Gasteiger partial charge in [0.05, 0.1) is 12.1 Å². The van der Waals surface area contributed by atoms with Crippen LogP contribution in [0.1, 0.15) is 75.5 Å². The fourth-order valence-corrected chi connectivity index (χ4v) is 5.71. The third kappa shape index (κ3) is 5.24. The molecule has 0 radical (unpaired) electrons. The fourth-order valence-electron chi connectivity index (χ4n) is 5.71. The highest BCUT2D eigenvalue weighted by atomic mass is 16.2. The van der Waals surface area contributed by atoms with Gasteiger partial charge in [-0.05, 0) is 69.5 Å². The number of aryl methyl sites for hydroxylation is 1. The maximum absolute atomic E-state index is 13.8. The third-order valence-electron chi connectivity index (χ3n) is 7.80. The molecule has 1 saturated heterocycles. The Morgan fingerprint density at radius 1 is 1.00 bits per heavy atom. The van der Waals surface area contributed by atoms with Gasteiger partial charge < -0.3 is 20.9 Å². The largest absolute Gasteiger partial charge is 0.347 e. The summed E-state index contributed by atoms with van der Waals surface area (Å²) in [6, 6.07) is 6.87. The summed E-state index contributed by atoms with van der Waals surface area (Å²) in [5, 5.41) is 9.21. The number of carbonyl (C=O) groups excluding carboxylic acids is 3. The first kappa shape index (κ1) is 23.7. The fraction of sp³-hybridized carbons (Fsp3) is 0.654. The Kier molecular flexibility index (Phi) is 7.68. The average Bonchev–Trinajstić information content (AvgIpc) is 3.50. The highest BCUT2D eigenvalue weighted by Gasteiger charge is 2.41. The molecule has 0 bridgehead atoms. The van der Waals surface area contributed by atoms with Crippen molar-refractivity contribution in [2.75, 3.05) is 13.6 Å². The van der Waals surface area contributed by atoms with Crippen molar-refractivity contribution in [1.82, 2.24) is 20.9 Å². The van der Waals surface area contributed by atoms with Crippen LogP contribution in [-0.4, -0.2) is 54.3 Å². The van der Waals surface area contributed by atoms with Crippen molar-refractivity contribution in [1.29, 1.82) is 0 Å². The summed E-state index contributed by atoms with van der Waals surface area (Å²) in [6.07, 6.45) is 8.56. The van der Waals surface area contributed by atoms with E-state index in [1.807, 2.05) is 12.1 Å². The van der Waals surface area contributed by atoms with Crippen molar-refractivity contribution < 1.29 is 14.4 Å². The number of nitrogens with one attached hydrogen (secondary N) is 3. The number of nitrogens with zero attached hydrogens (tertiary/aromatic N) is 1. The molecule has 7 heteroatoms. The number of hydrogen-bond donors (Lipinski definition) is 3. The zero-order chi connectivity index (χ0) is 23.4. The molecule has 3 aliphatic rings. The van der Waals surface area contributed by atoms with Crippen LogP contribution in [0.15, 0.2) is 24.3 Å². The van der Waals surface area contributed by atoms with Gasteiger partial charge in [0.25, 0.3) is 0 Å². The first-order chi connectivity index (χ1) is 16.0. The van der Waals surface area contributed by atoms with Crippen LogP contribution in [0.25, 0.3) is 0 Å². The van der Waals surface area contributed by atoms with Crippen LogP contribution in [0.4, 0.5) is 0 Å². The normalized spacial score (nSPS) is 24.7. The summed E-state index contributed by atoms with van der Waals surface area (Å²) in [6.45, 7) is 2.36. The minimum Gasteiger partial charge on any atom is -0.347 e. The van der Waals surface area contributed by atoms with Crippen molar-refractivity contribution in [2.45, 2.75) is 88.9 Å². The van der Waals surface area contributed by atoms with E-state index < -0.39 is 12.1 Å². The highest BCUT2D eigenvalue weighted by Crippen LogP contribution is 2.32. The Bertz CT molecular complexity index is 867. The second-order valence-corrected chi connectivity index (χ2v) is 9.88. The molecule has 180 valence electrons. The van der Waals surface area contributed by atoms with Crippen LogP contribution in [0.3, 0.4) is 0 Å². The van der Waals surface area contributed by atoms with E-state index in [1.165, 1.54) is 17.5 Å². The molecular formula is C26H38N4O3. The first-order valence-electron chi connectivity index (χ1n) is 12.7. The maximum Gasteiger partial charge on any atom is 0.246 e. The molecule has 2 aliphatic carbocycles. The van der Waals surface area contributed by atoms with Crippen LogP contribution in [0.2, 0.25) is 0 Å². The molecule has 1 aromatic rings. The van der Waals surface area contributed by atoms with E-state index in [0.29, 0.717) is 13.0 Å². The molecule has 0 spiro atoms. The molecule has 4 rings (SSSR count). The number of likely N-dealkylation sites (N-methyl/N-ethyl adjacent to an activating group) is 1. The lowest BCUT2D eigenvalue weighted by atomic mass is 9.83. The Morgan fingerprint density at radius 2 is 1.76 bits per heavy atom. The van der Waals surface area contributed by atoms with Crippen molar-refractivity contribution >= 4 is 17.7 Å². The van der Waals surface area contributed by atoms with Gasteiger partial charge >= 0.3 is 0 Å². The van der Waals surface area contributed by atoms with Gasteiger partial charge in [-0.15, -0.1) is 0 Å². The number of fused-ring (bicyclic) bond motifs is 1. The lowest BCUT2D eigenvalue weighted by molar-refractivity contribution is -0.143. The molecule has 3 amide bonds. The molecule has 1 aliphatic heterocycles. The van der Waals surface area contributed by atoms with E-state index in [1.54, 1.807) is 18.9 Å². The number of hydrogen-bond acceptors (Lipinski definition) is 4. The molecule has 7 nitrogen and oxygen atoms in total. The second-order valence-electron chi connectivity index (χ2n) is 9.88. The van der Waals surface area contributed by atoms with Gasteiger partial charge in [0.1, 0.15) is 12.1 Å². The van der Waals surface area contributed by atoms with Gasteiger partial charge in [0, 0.05) is 6.54 Å². The van der Waals surface area contributed by atoms with E-state index >= 15 is 0 Å². The SMILES string of the molecule is CN[C@@H](C)C(=O)N[C@H](C(=O)N1CCC[C@H]1C(=O)N[C@@H]1CCc2ccccc21)C1CCCCC1. The molecule has 0 aromatic heterocycles. The Hall–Kier alpha value is -2.41. The van der Waals surface area contributed by atoms with E-state index in [2.05, 4.69) is 28.1 Å². The molecule has 33 heavy (non-hydrogen) atoms. The Labute approximate surface area is 197 Å². The average molecular weight is 455 g/mol. The van der Waals surface area contributed by atoms with Crippen LogP contribution >= 0.6 is 0 Å². The van der Waals surface area contributed by atoms with E-state index in [9.17, 15) is 14.4 Å². The molecule has 1 heterocycles. The zero-order valence-corrected chi connectivity index (χ0v) is 19.9. The predicted octanol–water partition coefficient (Wildman–Crippen LogP) is 2.45. The molecular weight excluding hydrogens is 416 g/mol. The van der Waals surface area contributed by atoms with Gasteiger partial charge in [0.15, 0.2) is 0 Å². The van der Waals surface area contributed by atoms with Crippen LogP contribution in [0.5, 0.6) is 0 Å². The summed E-state index contributed by atoms with van der Waals surface area (Å²) in [4.78, 5) is 41.5. The smallest absolute Gasteiger partial charge is 0.246 e. The minimum absolute atomic E-state index is 0.0107. The standard InChI is InChI=1S/C26H38N4O3/c1-17(27-2)24(31)29-23(19-10-4-3-5-11-19)26(33)30-16-8-13-22(30)25(32)28-21-15-14-18-9-6-7-12-20(18)21/h6-7,9,12,17,19,21-23,27H,3-5,8,10-11,13-16H2,1-2H3,(H,28,32)(H,29,31)/t17-,21+,22-,23-/m0/s1. The summed E-state index contributed by atoms with van der Waals surface area (Å²) in [5.41, 5.74) is 2.48. The van der Waals surface area contributed by atoms with Gasteiger partial charge in [0.2, 0.25) is 17.7 Å². The molecule has 2 fully saturated rings. The summed E-state index contributed by atoms with van der Waals surface area (Å²) in [7, 11) is 1.74. The van der Waals surface area contributed by atoms with E-state index in [4.69, 9.17) is 0 Å². The molecule has 1 aromatic carbocycles. The summed E-state index contributed by atoms with van der Waals surface area (Å²) >= 11 is 0. The summed E-state index contributed by atoms with van der Waals surface area (Å²) < 4.78 is 0. The lowest BCUT2D eigenvalue weighted by Crippen LogP contribution is -2.58. The maximum atomic E-state index is 13.8. The van der Waals surface area contributed by atoms with E-state index in [-0.39, 0.29) is 35.7 Å². The van der Waals surface area contributed by atoms with Gasteiger partial charge in [-0.2, -0.15) is 0 Å². The second kappa shape index (κ2) is 10.7. The predicted molar refractivity (Wildman–Crippen MR) is 127 cm³/mol. The number of benzene rings is 1. The van der Waals surface area contributed by atoms with Crippen LogP contribution in [0, 0.1) is 5.92 Å². The van der Waals surface area contributed by atoms with Crippen LogP contribution in [-0.2, 0) is 20.8 Å². The van der Waals surface area contributed by atoms with Crippen molar-refractivity contribution in [3.05, 3.63) is 35.4 Å². The Balaban J connectivity index is 1.47. The van der Waals surface area contributed by atoms with Gasteiger partial charge in [-0.3, -0.25) is 14.4 Å². The minimum atomic E-state index is -0.561. The summed E-state index contributed by atoms with van der Waals surface area (Å²) in [5.74, 6) is -0.197. The molecule has 0 unspecified atom stereocenters. The Morgan fingerprint density at radius 3 is 2.52 bits per heavy atom. The topological polar surface area (TPSA) is 90.5 Å². The zero-order valence-electron chi connectivity index (χ0n) is 19.9. The van der Waals surface area contributed by atoms with Crippen LogP contribution < -0.4 is 16.0 Å². The van der Waals surface area contributed by atoms with Gasteiger partial charge in [-0.1, -0.05) is 43.5 Å². The van der Waals surface area contributed by atoms with E-state index in [0.717, 1.165) is 44.9 Å². The monoisotopic (exact) mass is 454 g/mol. The first-order valence-corrected chi connectivity index (χ1v) is 12.7. The number of amides is 3. The molecule has 4 atom stereocenters. The highest BCUT2D eigenvalue weighted by molar-refractivity contribution is 5.93. The molecule has 1 saturated carbocycles. The lowest BCUT2D eigenvalue weighted by Gasteiger charge is -2.35.